The lowest BCUT2D eigenvalue weighted by Crippen LogP contribution is -2.43. The zero-order valence-corrected chi connectivity index (χ0v) is 15.2. The van der Waals surface area contributed by atoms with Crippen LogP contribution in [-0.4, -0.2) is 20.4 Å². The third-order valence-electron chi connectivity index (χ3n) is 4.85. The number of primary amides is 1. The average Bonchev–Trinajstić information content (AvgIpc) is 2.61. The van der Waals surface area contributed by atoms with Crippen LogP contribution in [0.3, 0.4) is 0 Å². The van der Waals surface area contributed by atoms with E-state index in [1.54, 1.807) is 30.6 Å². The van der Waals surface area contributed by atoms with Crippen LogP contribution in [0.5, 0.6) is 0 Å². The largest absolute Gasteiger partial charge is 0.369 e. The molecule has 132 valence electrons. The number of benzene rings is 1. The van der Waals surface area contributed by atoms with Crippen LogP contribution in [0.15, 0.2) is 50.7 Å². The number of nitrogens with one attached hydrogen (secondary N) is 1. The van der Waals surface area contributed by atoms with E-state index in [-0.39, 0.29) is 0 Å². The van der Waals surface area contributed by atoms with Crippen molar-refractivity contribution in [3.05, 3.63) is 73.0 Å². The van der Waals surface area contributed by atoms with Crippen LogP contribution in [0.4, 0.5) is 0 Å². The molecule has 3 N–H and O–H groups in total. The fraction of sp³-hybridized carbons (Fsp3) is 0.222. The van der Waals surface area contributed by atoms with Crippen molar-refractivity contribution in [3.8, 4) is 0 Å². The van der Waals surface area contributed by atoms with E-state index in [0.29, 0.717) is 29.4 Å². The van der Waals surface area contributed by atoms with E-state index in [1.807, 2.05) is 6.07 Å². The Hall–Kier alpha value is -2.74. The molecule has 0 fully saturated rings. The van der Waals surface area contributed by atoms with Crippen molar-refractivity contribution >= 4 is 32.9 Å². The minimum atomic E-state index is -0.725. The highest BCUT2D eigenvalue weighted by atomic mass is 79.9. The summed E-state index contributed by atoms with van der Waals surface area (Å²) in [6, 6.07) is 6.58. The van der Waals surface area contributed by atoms with E-state index in [9.17, 15) is 14.4 Å². The van der Waals surface area contributed by atoms with Gasteiger partial charge in [-0.15, -0.1) is 0 Å². The zero-order valence-electron chi connectivity index (χ0n) is 13.6. The van der Waals surface area contributed by atoms with Gasteiger partial charge in [0, 0.05) is 16.9 Å². The molecule has 0 radical (unpaired) electrons. The third kappa shape index (κ3) is 2.57. The molecule has 0 saturated carbocycles. The van der Waals surface area contributed by atoms with Crippen molar-refractivity contribution in [2.45, 2.75) is 24.8 Å². The number of rotatable bonds is 3. The molecule has 2 atom stereocenters. The summed E-state index contributed by atoms with van der Waals surface area (Å²) in [7, 11) is 0. The van der Waals surface area contributed by atoms with E-state index < -0.39 is 29.0 Å². The Labute approximate surface area is 156 Å². The second kappa shape index (κ2) is 6.21. The standard InChI is InChI=1S/C18H15BrN4O3/c19-11-7-10-1-2-13(14(16(20)24)9-3-5-21-6-4-9)23-15(10)12(8-11)22-17(25)18(23)26/h3-8,13-14H,1-2H2,(H2,20,24)(H,22,25). The molecule has 26 heavy (non-hydrogen) atoms. The lowest BCUT2D eigenvalue weighted by Gasteiger charge is -2.32. The number of aromatic amines is 1. The highest BCUT2D eigenvalue weighted by Gasteiger charge is 2.34. The average molecular weight is 415 g/mol. The molecule has 0 aliphatic carbocycles. The minimum Gasteiger partial charge on any atom is -0.369 e. The van der Waals surface area contributed by atoms with Crippen molar-refractivity contribution < 1.29 is 4.79 Å². The molecule has 1 aromatic carbocycles. The number of carbonyl (C=O) groups excluding carboxylic acids is 1. The molecule has 1 amide bonds. The summed E-state index contributed by atoms with van der Waals surface area (Å²) in [6.45, 7) is 0. The van der Waals surface area contributed by atoms with Gasteiger partial charge in [0.25, 0.3) is 0 Å². The van der Waals surface area contributed by atoms with Crippen molar-refractivity contribution in [3.63, 3.8) is 0 Å². The summed E-state index contributed by atoms with van der Waals surface area (Å²) in [5.74, 6) is -1.26. The Kier molecular flexibility index (Phi) is 3.99. The van der Waals surface area contributed by atoms with Gasteiger partial charge in [0.1, 0.15) is 0 Å². The summed E-state index contributed by atoms with van der Waals surface area (Å²) in [5.41, 5.74) is 7.13. The first-order chi connectivity index (χ1) is 12.5. The molecular weight excluding hydrogens is 400 g/mol. The molecule has 1 aliphatic heterocycles. The highest BCUT2D eigenvalue weighted by molar-refractivity contribution is 9.10. The number of amides is 1. The smallest absolute Gasteiger partial charge is 0.317 e. The number of aromatic nitrogens is 3. The Morgan fingerprint density at radius 1 is 1.31 bits per heavy atom. The predicted octanol–water partition coefficient (Wildman–Crippen LogP) is 1.60. The van der Waals surface area contributed by atoms with Gasteiger partial charge in [-0.1, -0.05) is 15.9 Å². The summed E-state index contributed by atoms with van der Waals surface area (Å²) in [6.07, 6.45) is 4.35. The number of pyridine rings is 1. The Bertz CT molecular complexity index is 1140. The lowest BCUT2D eigenvalue weighted by molar-refractivity contribution is -0.120. The number of hydrogen-bond acceptors (Lipinski definition) is 4. The van der Waals surface area contributed by atoms with Gasteiger partial charge in [-0.05, 0) is 48.2 Å². The molecule has 0 bridgehead atoms. The van der Waals surface area contributed by atoms with Crippen LogP contribution >= 0.6 is 15.9 Å². The molecular formula is C18H15BrN4O3. The summed E-state index contributed by atoms with van der Waals surface area (Å²) < 4.78 is 2.26. The summed E-state index contributed by atoms with van der Waals surface area (Å²) >= 11 is 3.43. The Morgan fingerprint density at radius 3 is 2.73 bits per heavy atom. The van der Waals surface area contributed by atoms with E-state index in [1.165, 1.54) is 4.57 Å². The van der Waals surface area contributed by atoms with Gasteiger partial charge in [-0.3, -0.25) is 23.9 Å². The molecule has 3 aromatic rings. The second-order valence-electron chi connectivity index (χ2n) is 6.36. The Morgan fingerprint density at radius 2 is 2.04 bits per heavy atom. The van der Waals surface area contributed by atoms with Gasteiger partial charge < -0.3 is 10.7 Å². The molecule has 3 heterocycles. The number of hydrogen-bond donors (Lipinski definition) is 2. The quantitative estimate of drug-likeness (QED) is 0.633. The molecule has 7 nitrogen and oxygen atoms in total. The van der Waals surface area contributed by atoms with Gasteiger partial charge >= 0.3 is 11.1 Å². The summed E-state index contributed by atoms with van der Waals surface area (Å²) in [5, 5.41) is 0. The van der Waals surface area contributed by atoms with E-state index in [0.717, 1.165) is 10.0 Å². The maximum Gasteiger partial charge on any atom is 0.317 e. The Balaban J connectivity index is 2.03. The van der Waals surface area contributed by atoms with E-state index in [4.69, 9.17) is 5.73 Å². The highest BCUT2D eigenvalue weighted by Crippen LogP contribution is 2.38. The van der Waals surface area contributed by atoms with Gasteiger partial charge in [0.2, 0.25) is 5.91 Å². The number of aryl methyl sites for hydroxylation is 1. The number of nitrogens with zero attached hydrogens (tertiary/aromatic N) is 2. The van der Waals surface area contributed by atoms with Crippen LogP contribution in [0.2, 0.25) is 0 Å². The fourth-order valence-corrected chi connectivity index (χ4v) is 4.33. The number of carbonyl (C=O) groups is 1. The maximum absolute atomic E-state index is 12.7. The molecule has 2 aromatic heterocycles. The SMILES string of the molecule is NC(=O)C(c1ccncc1)C1CCc2cc(Br)cc3[nH]c(=O)c(=O)n1c23. The number of H-pyrrole nitrogens is 1. The van der Waals surface area contributed by atoms with Gasteiger partial charge in [0.05, 0.1) is 23.0 Å². The zero-order chi connectivity index (χ0) is 18.4. The molecule has 0 spiro atoms. The fourth-order valence-electron chi connectivity index (χ4n) is 3.82. The maximum atomic E-state index is 12.7. The topological polar surface area (TPSA) is 111 Å². The first kappa shape index (κ1) is 16.7. The number of halogens is 1. The van der Waals surface area contributed by atoms with Crippen molar-refractivity contribution in [1.82, 2.24) is 14.5 Å². The van der Waals surface area contributed by atoms with Gasteiger partial charge in [-0.2, -0.15) is 0 Å². The van der Waals surface area contributed by atoms with E-state index >= 15 is 0 Å². The first-order valence-corrected chi connectivity index (χ1v) is 8.93. The molecule has 4 rings (SSSR count). The molecule has 8 heteroatoms. The molecule has 2 unspecified atom stereocenters. The van der Waals surface area contributed by atoms with Crippen molar-refractivity contribution in [2.75, 3.05) is 0 Å². The third-order valence-corrected chi connectivity index (χ3v) is 5.31. The van der Waals surface area contributed by atoms with Crippen molar-refractivity contribution in [2.24, 2.45) is 5.73 Å². The first-order valence-electron chi connectivity index (χ1n) is 8.13. The van der Waals surface area contributed by atoms with Gasteiger partial charge in [0.15, 0.2) is 0 Å². The van der Waals surface area contributed by atoms with Crippen LogP contribution in [0, 0.1) is 0 Å². The van der Waals surface area contributed by atoms with E-state index in [2.05, 4.69) is 25.9 Å². The molecule has 0 saturated heterocycles. The second-order valence-corrected chi connectivity index (χ2v) is 7.27. The summed E-state index contributed by atoms with van der Waals surface area (Å²) in [4.78, 5) is 43.8. The minimum absolute atomic E-state index is 0.526. The van der Waals surface area contributed by atoms with Gasteiger partial charge in [-0.25, -0.2) is 0 Å². The molecule has 1 aliphatic rings. The monoisotopic (exact) mass is 414 g/mol. The van der Waals surface area contributed by atoms with Crippen LogP contribution in [0.25, 0.3) is 11.0 Å². The predicted molar refractivity (Wildman–Crippen MR) is 100 cm³/mol. The van der Waals surface area contributed by atoms with Crippen LogP contribution in [0.1, 0.15) is 29.5 Å². The van der Waals surface area contributed by atoms with Crippen LogP contribution < -0.4 is 16.9 Å². The normalized spacial score (nSPS) is 17.2. The van der Waals surface area contributed by atoms with Crippen molar-refractivity contribution in [1.29, 1.82) is 0 Å². The van der Waals surface area contributed by atoms with Crippen LogP contribution in [-0.2, 0) is 11.2 Å². The number of nitrogens with two attached hydrogens (primary N) is 1. The lowest BCUT2D eigenvalue weighted by atomic mass is 9.85.